The van der Waals surface area contributed by atoms with Crippen molar-refractivity contribution in [3.05, 3.63) is 52.6 Å². The Labute approximate surface area is 216 Å². The number of nitrogen functional groups attached to an aromatic ring is 1. The maximum absolute atomic E-state index is 12.8. The van der Waals surface area contributed by atoms with E-state index >= 15 is 0 Å². The van der Waals surface area contributed by atoms with Crippen molar-refractivity contribution in [2.45, 2.75) is 24.5 Å². The van der Waals surface area contributed by atoms with Gasteiger partial charge in [-0.2, -0.15) is 0 Å². The van der Waals surface area contributed by atoms with Gasteiger partial charge < -0.3 is 35.0 Å². The Hall–Kier alpha value is -2.96. The van der Waals surface area contributed by atoms with Gasteiger partial charge in [0.2, 0.25) is 0 Å². The molecule has 0 spiro atoms. The van der Waals surface area contributed by atoms with Gasteiger partial charge >= 0.3 is 20.5 Å². The van der Waals surface area contributed by atoms with Crippen LogP contribution < -0.4 is 5.73 Å². The summed E-state index contributed by atoms with van der Waals surface area (Å²) in [4.78, 5) is 62.9. The Morgan fingerprint density at radius 2 is 1.92 bits per heavy atom. The number of esters is 1. The van der Waals surface area contributed by atoms with E-state index in [2.05, 4.69) is 35.6 Å². The monoisotopic (exact) mass is 592 g/mol. The number of phosphoric ester groups is 1. The number of benzene rings is 1. The molecule has 38 heavy (non-hydrogen) atoms. The number of aromatic nitrogens is 4. The Morgan fingerprint density at radius 1 is 1.24 bits per heavy atom. The Balaban J connectivity index is 1.61. The van der Waals surface area contributed by atoms with Crippen molar-refractivity contribution < 1.29 is 52.4 Å². The molecule has 5 atom stereocenters. The lowest BCUT2D eigenvalue weighted by atomic mass is 10.1. The van der Waals surface area contributed by atoms with Crippen molar-refractivity contribution in [3.63, 3.8) is 0 Å². The highest BCUT2D eigenvalue weighted by atomic mass is 32.5. The first-order chi connectivity index (χ1) is 17.8. The maximum atomic E-state index is 12.8. The van der Waals surface area contributed by atoms with Gasteiger partial charge in [-0.15, -0.1) is 0 Å². The molecule has 4 rings (SSSR count). The molecule has 18 nitrogen and oxygen atoms in total. The summed E-state index contributed by atoms with van der Waals surface area (Å²) in [6.07, 6.45) is -3.61. The third-order valence-electron chi connectivity index (χ3n) is 5.14. The van der Waals surface area contributed by atoms with Crippen molar-refractivity contribution in [1.29, 1.82) is 0 Å². The van der Waals surface area contributed by atoms with E-state index in [9.17, 15) is 29.5 Å². The zero-order valence-corrected chi connectivity index (χ0v) is 21.3. The van der Waals surface area contributed by atoms with Crippen LogP contribution in [0.2, 0.25) is 0 Å². The van der Waals surface area contributed by atoms with Crippen LogP contribution in [0.4, 0.5) is 11.5 Å². The maximum Gasteiger partial charge on any atom is 0.479 e. The van der Waals surface area contributed by atoms with E-state index in [1.54, 1.807) is 0 Å². The molecule has 1 aliphatic rings. The van der Waals surface area contributed by atoms with Gasteiger partial charge in [0.05, 0.1) is 23.4 Å². The number of hydrogen-bond donors (Lipinski definition) is 5. The molecule has 1 fully saturated rings. The predicted molar refractivity (Wildman–Crippen MR) is 128 cm³/mol. The molecule has 6 N–H and O–H groups in total. The van der Waals surface area contributed by atoms with Gasteiger partial charge in [-0.25, -0.2) is 28.6 Å². The number of nitro benzene ring substituents is 1. The summed E-state index contributed by atoms with van der Waals surface area (Å²) in [5, 5.41) is 21.8. The standard InChI is InChI=1S/C17H18N6O12P2S/c18-14-11-15(20-6-19-14)22(7-21-11)16-13(34-17(25)8-1-3-9(4-2-8)23(26)27)12(24)10(33-16)5-32-36(28,29)35-37(30,31)38/h1-4,6-7,10,12-13,16,24H,5H2,(H,28,29)(H2,18,19,20)(H2,30,31,38)/t10-,12-,13-,16-/m1/s1. The summed E-state index contributed by atoms with van der Waals surface area (Å²) in [6.45, 7) is -5.43. The van der Waals surface area contributed by atoms with Crippen LogP contribution in [-0.2, 0) is 34.7 Å². The Bertz CT molecular complexity index is 1470. The number of nitrogens with zero attached hydrogens (tertiary/aromatic N) is 5. The lowest BCUT2D eigenvalue weighted by Gasteiger charge is -2.22. The average Bonchev–Trinajstić information content (AvgIpc) is 3.38. The van der Waals surface area contributed by atoms with E-state index in [0.717, 1.165) is 30.6 Å². The van der Waals surface area contributed by atoms with Gasteiger partial charge in [-0.1, -0.05) is 0 Å². The SMILES string of the molecule is Nc1ncnc2c1ncn2[C@@H]1O[C@H](COP(=O)(O)OP(O)(O)=S)[C@@H](O)[C@H]1OC(=O)c1ccc([N+](=O)[O-])cc1. The van der Waals surface area contributed by atoms with Crippen LogP contribution in [0.15, 0.2) is 36.9 Å². The number of imidazole rings is 1. The van der Waals surface area contributed by atoms with E-state index in [0.29, 0.717) is 0 Å². The molecule has 204 valence electrons. The molecule has 3 aromatic rings. The zero-order chi connectivity index (χ0) is 27.8. The molecule has 21 heteroatoms. The van der Waals surface area contributed by atoms with Crippen LogP contribution in [0, 0.1) is 10.1 Å². The number of phosphoric acid groups is 1. The summed E-state index contributed by atoms with van der Waals surface area (Å²) < 4.78 is 33.2. The number of non-ortho nitro benzene ring substituents is 1. The van der Waals surface area contributed by atoms with E-state index in [4.69, 9.17) is 25.0 Å². The summed E-state index contributed by atoms with van der Waals surface area (Å²) in [6, 6.07) is 4.45. The van der Waals surface area contributed by atoms with E-state index < -0.39 is 56.6 Å². The third-order valence-corrected chi connectivity index (χ3v) is 7.89. The minimum Gasteiger partial charge on any atom is -0.451 e. The fourth-order valence-electron chi connectivity index (χ4n) is 3.50. The molecule has 3 heterocycles. The van der Waals surface area contributed by atoms with Crippen LogP contribution in [0.25, 0.3) is 11.2 Å². The second-order valence-electron chi connectivity index (χ2n) is 7.65. The molecular weight excluding hydrogens is 574 g/mol. The molecule has 0 radical (unpaired) electrons. The van der Waals surface area contributed by atoms with Crippen LogP contribution in [0.1, 0.15) is 16.6 Å². The first-order valence-electron chi connectivity index (χ1n) is 10.2. The highest BCUT2D eigenvalue weighted by Gasteiger charge is 2.49. The van der Waals surface area contributed by atoms with Crippen LogP contribution in [0.5, 0.6) is 0 Å². The average molecular weight is 592 g/mol. The fraction of sp³-hybridized carbons (Fsp3) is 0.294. The number of nitrogens with two attached hydrogens (primary N) is 1. The van der Waals surface area contributed by atoms with Crippen molar-refractivity contribution >= 4 is 55.0 Å². The van der Waals surface area contributed by atoms with Crippen LogP contribution >= 0.6 is 14.5 Å². The van der Waals surface area contributed by atoms with E-state index in [1.165, 1.54) is 10.9 Å². The summed E-state index contributed by atoms with van der Waals surface area (Å²) >= 11 is 4.15. The van der Waals surface area contributed by atoms with Gasteiger partial charge in [-0.05, 0) is 23.9 Å². The number of carbonyl (C=O) groups is 1. The topological polar surface area (TPSA) is 265 Å². The number of nitro groups is 1. The van der Waals surface area contributed by atoms with Gasteiger partial charge in [0.25, 0.3) is 5.69 Å². The number of aliphatic hydroxyl groups is 1. The van der Waals surface area contributed by atoms with Crippen LogP contribution in [0.3, 0.4) is 0 Å². The molecule has 0 aliphatic carbocycles. The molecule has 0 saturated carbocycles. The lowest BCUT2D eigenvalue weighted by Crippen LogP contribution is -2.37. The van der Waals surface area contributed by atoms with E-state index in [1.807, 2.05) is 0 Å². The Kier molecular flexibility index (Phi) is 7.87. The Morgan fingerprint density at radius 3 is 2.55 bits per heavy atom. The quantitative estimate of drug-likeness (QED) is 0.0957. The summed E-state index contributed by atoms with van der Waals surface area (Å²) in [5.74, 6) is -0.969. The summed E-state index contributed by atoms with van der Waals surface area (Å²) in [5.41, 5.74) is 5.74. The molecule has 1 saturated heterocycles. The largest absolute Gasteiger partial charge is 0.479 e. The van der Waals surface area contributed by atoms with E-state index in [-0.39, 0.29) is 28.2 Å². The highest BCUT2D eigenvalue weighted by molar-refractivity contribution is 8.08. The first kappa shape index (κ1) is 28.1. The zero-order valence-electron chi connectivity index (χ0n) is 18.7. The van der Waals surface area contributed by atoms with Crippen LogP contribution in [-0.4, -0.2) is 75.1 Å². The number of anilines is 1. The number of hydrogen-bond acceptors (Lipinski definition) is 14. The smallest absolute Gasteiger partial charge is 0.451 e. The van der Waals surface area contributed by atoms with Gasteiger partial charge in [0.1, 0.15) is 24.1 Å². The minimum absolute atomic E-state index is 0.0220. The van der Waals surface area contributed by atoms with Crippen molar-refractivity contribution in [1.82, 2.24) is 19.5 Å². The molecule has 1 unspecified atom stereocenters. The van der Waals surface area contributed by atoms with Gasteiger partial charge in [0.15, 0.2) is 23.8 Å². The third kappa shape index (κ3) is 6.19. The molecule has 1 aromatic carbocycles. The molecule has 1 aliphatic heterocycles. The lowest BCUT2D eigenvalue weighted by molar-refractivity contribution is -0.384. The second kappa shape index (κ2) is 10.7. The minimum atomic E-state index is -5.09. The number of aliphatic hydroxyl groups excluding tert-OH is 1. The number of ether oxygens (including phenoxy) is 2. The fourth-order valence-corrected chi connectivity index (χ4v) is 5.86. The highest BCUT2D eigenvalue weighted by Crippen LogP contribution is 2.58. The molecule has 2 aromatic heterocycles. The predicted octanol–water partition coefficient (Wildman–Crippen LogP) is 0.143. The summed E-state index contributed by atoms with van der Waals surface area (Å²) in [7, 11) is -5.09. The molecule has 0 bridgehead atoms. The first-order valence-corrected chi connectivity index (χ1v) is 14.3. The second-order valence-corrected chi connectivity index (χ2v) is 11.9. The molecular formula is C17H18N6O12P2S. The number of rotatable bonds is 9. The number of carbonyl (C=O) groups excluding carboxylic acids is 1. The van der Waals surface area contributed by atoms with Crippen molar-refractivity contribution in [2.75, 3.05) is 12.3 Å². The van der Waals surface area contributed by atoms with Crippen molar-refractivity contribution in [3.8, 4) is 0 Å². The molecule has 0 amide bonds. The van der Waals surface area contributed by atoms with Gasteiger partial charge in [-0.3, -0.25) is 19.2 Å². The number of fused-ring (bicyclic) bond motifs is 1. The van der Waals surface area contributed by atoms with Gasteiger partial charge in [0, 0.05) is 12.1 Å². The normalized spacial score (nSPS) is 23.3. The van der Waals surface area contributed by atoms with Crippen molar-refractivity contribution in [2.24, 2.45) is 0 Å².